The summed E-state index contributed by atoms with van der Waals surface area (Å²) in [4.78, 5) is 20.7. The monoisotopic (exact) mass is 464 g/mol. The number of hydrogen-bond acceptors (Lipinski definition) is 7. The van der Waals surface area contributed by atoms with Gasteiger partial charge in [-0.25, -0.2) is 9.37 Å². The number of aromatic nitrogens is 1. The number of aryl methyl sites for hydroxylation is 1. The molecule has 1 fully saturated rings. The number of nitrogen functional groups attached to an aromatic ring is 1. The molecule has 4 N–H and O–H groups in total. The number of thiophene rings is 1. The Morgan fingerprint density at radius 2 is 2.15 bits per heavy atom. The largest absolute Gasteiger partial charge is 0.397 e. The molecule has 1 atom stereocenters. The molecule has 2 aliphatic rings. The summed E-state index contributed by atoms with van der Waals surface area (Å²) < 4.78 is 15.2. The smallest absolute Gasteiger partial charge is 0.263 e. The van der Waals surface area contributed by atoms with Crippen LogP contribution >= 0.6 is 11.3 Å². The number of hydrogen-bond donors (Lipinski definition) is 3. The SMILES string of the molecule is Cc1ccc2c(N)c(C(=O)N[C@H]3CCc4c(C#N)c(N5CCNCC5)cc(F)c4C3)sc2n1. The van der Waals surface area contributed by atoms with Crippen LogP contribution in [0.4, 0.5) is 15.8 Å². The van der Waals surface area contributed by atoms with Gasteiger partial charge >= 0.3 is 0 Å². The summed E-state index contributed by atoms with van der Waals surface area (Å²) >= 11 is 1.27. The van der Waals surface area contributed by atoms with Crippen molar-refractivity contribution in [3.05, 3.63) is 51.3 Å². The number of pyridine rings is 1. The minimum Gasteiger partial charge on any atom is -0.397 e. The van der Waals surface area contributed by atoms with Gasteiger partial charge in [0.1, 0.15) is 21.6 Å². The van der Waals surface area contributed by atoms with Crippen molar-refractivity contribution in [1.29, 1.82) is 5.26 Å². The highest BCUT2D eigenvalue weighted by atomic mass is 32.1. The molecule has 1 amide bonds. The molecule has 2 aromatic heterocycles. The van der Waals surface area contributed by atoms with Gasteiger partial charge in [-0.3, -0.25) is 4.79 Å². The maximum absolute atomic E-state index is 15.2. The lowest BCUT2D eigenvalue weighted by Gasteiger charge is -2.33. The minimum atomic E-state index is -0.308. The fourth-order valence-corrected chi connectivity index (χ4v) is 5.85. The molecule has 0 bridgehead atoms. The third-order valence-corrected chi connectivity index (χ3v) is 7.63. The van der Waals surface area contributed by atoms with Gasteiger partial charge in [-0.1, -0.05) is 0 Å². The van der Waals surface area contributed by atoms with Crippen LogP contribution < -0.4 is 21.3 Å². The topological polar surface area (TPSA) is 107 Å². The lowest BCUT2D eigenvalue weighted by molar-refractivity contribution is 0.0938. The maximum atomic E-state index is 15.2. The molecular formula is C24H25FN6OS. The molecule has 0 saturated carbocycles. The van der Waals surface area contributed by atoms with Crippen LogP contribution in [0.25, 0.3) is 10.2 Å². The van der Waals surface area contributed by atoms with Crippen LogP contribution in [-0.2, 0) is 12.8 Å². The first kappa shape index (κ1) is 21.6. The summed E-state index contributed by atoms with van der Waals surface area (Å²) in [6, 6.07) is 7.33. The fraction of sp³-hybridized carbons (Fsp3) is 0.375. The second-order valence-corrected chi connectivity index (χ2v) is 9.62. The van der Waals surface area contributed by atoms with Gasteiger partial charge in [0.05, 0.1) is 16.9 Å². The van der Waals surface area contributed by atoms with Crippen molar-refractivity contribution in [3.8, 4) is 6.07 Å². The molecule has 1 saturated heterocycles. The van der Waals surface area contributed by atoms with Crippen molar-refractivity contribution in [2.24, 2.45) is 0 Å². The van der Waals surface area contributed by atoms with Crippen molar-refractivity contribution in [1.82, 2.24) is 15.6 Å². The Bertz CT molecular complexity index is 1290. The molecule has 7 nitrogen and oxygen atoms in total. The summed E-state index contributed by atoms with van der Waals surface area (Å²) in [6.45, 7) is 5.01. The number of benzene rings is 1. The van der Waals surface area contributed by atoms with Gasteiger partial charge in [-0.2, -0.15) is 5.26 Å². The van der Waals surface area contributed by atoms with Crippen LogP contribution in [0, 0.1) is 24.1 Å². The van der Waals surface area contributed by atoms with E-state index in [0.29, 0.717) is 46.6 Å². The zero-order valence-electron chi connectivity index (χ0n) is 18.4. The number of piperazine rings is 1. The standard InChI is InChI=1S/C24H25FN6OS/c1-13-2-4-16-21(27)22(33-24(16)29-13)23(32)30-14-3-5-15-17(10-14)19(25)11-20(18(15)12-26)31-8-6-28-7-9-31/h2,4,11,14,28H,3,5-10,27H2,1H3,(H,30,32)/t14-/m0/s1. The maximum Gasteiger partial charge on any atom is 0.263 e. The van der Waals surface area contributed by atoms with E-state index in [1.54, 1.807) is 0 Å². The Hall–Kier alpha value is -3.22. The lowest BCUT2D eigenvalue weighted by atomic mass is 9.84. The highest BCUT2D eigenvalue weighted by Gasteiger charge is 2.29. The number of nitriles is 1. The van der Waals surface area contributed by atoms with Crippen LogP contribution in [0.2, 0.25) is 0 Å². The summed E-state index contributed by atoms with van der Waals surface area (Å²) in [5.74, 6) is -0.572. The number of nitrogens with zero attached hydrogens (tertiary/aromatic N) is 3. The van der Waals surface area contributed by atoms with Crippen molar-refractivity contribution >= 4 is 38.8 Å². The Balaban J connectivity index is 1.39. The van der Waals surface area contributed by atoms with E-state index in [1.807, 2.05) is 19.1 Å². The van der Waals surface area contributed by atoms with E-state index in [9.17, 15) is 10.1 Å². The highest BCUT2D eigenvalue weighted by Crippen LogP contribution is 2.35. The lowest BCUT2D eigenvalue weighted by Crippen LogP contribution is -2.44. The zero-order valence-corrected chi connectivity index (χ0v) is 19.2. The predicted octanol–water partition coefficient (Wildman–Crippen LogP) is 2.89. The molecule has 9 heteroatoms. The van der Waals surface area contributed by atoms with Gasteiger partial charge in [0.15, 0.2) is 0 Å². The molecule has 1 aliphatic carbocycles. The molecule has 33 heavy (non-hydrogen) atoms. The first-order valence-corrected chi connectivity index (χ1v) is 11.9. The molecule has 3 heterocycles. The van der Waals surface area contributed by atoms with Crippen molar-refractivity contribution < 1.29 is 9.18 Å². The van der Waals surface area contributed by atoms with Crippen LogP contribution in [-0.4, -0.2) is 43.1 Å². The summed E-state index contributed by atoms with van der Waals surface area (Å²) in [5, 5.41) is 17.0. The van der Waals surface area contributed by atoms with Crippen LogP contribution in [0.1, 0.15) is 38.5 Å². The minimum absolute atomic E-state index is 0.226. The van der Waals surface area contributed by atoms with Crippen LogP contribution in [0.5, 0.6) is 0 Å². The fourth-order valence-electron chi connectivity index (χ4n) is 4.80. The van der Waals surface area contributed by atoms with Crippen molar-refractivity contribution in [2.45, 2.75) is 32.2 Å². The van der Waals surface area contributed by atoms with E-state index in [0.717, 1.165) is 47.7 Å². The van der Waals surface area contributed by atoms with Crippen LogP contribution in [0.3, 0.4) is 0 Å². The Morgan fingerprint density at radius 3 is 2.91 bits per heavy atom. The number of carbonyl (C=O) groups is 1. The van der Waals surface area contributed by atoms with Crippen molar-refractivity contribution in [2.75, 3.05) is 36.8 Å². The second-order valence-electron chi connectivity index (χ2n) is 8.62. The van der Waals surface area contributed by atoms with Gasteiger partial charge in [0.2, 0.25) is 0 Å². The van der Waals surface area contributed by atoms with Gasteiger partial charge in [-0.05, 0) is 55.5 Å². The quantitative estimate of drug-likeness (QED) is 0.550. The molecule has 170 valence electrons. The van der Waals surface area contributed by atoms with Gasteiger partial charge in [-0.15, -0.1) is 11.3 Å². The van der Waals surface area contributed by atoms with Crippen molar-refractivity contribution in [3.63, 3.8) is 0 Å². The number of halogens is 1. The van der Waals surface area contributed by atoms with E-state index >= 15 is 4.39 Å². The zero-order chi connectivity index (χ0) is 23.1. The Kier molecular flexibility index (Phi) is 5.64. The first-order valence-electron chi connectivity index (χ1n) is 11.1. The third-order valence-electron chi connectivity index (χ3n) is 6.51. The molecular weight excluding hydrogens is 439 g/mol. The molecule has 3 aromatic rings. The number of nitrogens with one attached hydrogen (secondary N) is 2. The normalized spacial score (nSPS) is 18.1. The molecule has 0 radical (unpaired) electrons. The van der Waals surface area contributed by atoms with E-state index in [1.165, 1.54) is 17.4 Å². The average Bonchev–Trinajstić information content (AvgIpc) is 3.15. The van der Waals surface area contributed by atoms with E-state index < -0.39 is 0 Å². The number of anilines is 2. The highest BCUT2D eigenvalue weighted by molar-refractivity contribution is 7.21. The van der Waals surface area contributed by atoms with E-state index in [4.69, 9.17) is 5.73 Å². The molecule has 1 aromatic carbocycles. The van der Waals surface area contributed by atoms with Crippen LogP contribution in [0.15, 0.2) is 18.2 Å². The number of rotatable bonds is 3. The van der Waals surface area contributed by atoms with Gasteiger partial charge in [0, 0.05) is 43.3 Å². The summed E-state index contributed by atoms with van der Waals surface area (Å²) in [6.07, 6.45) is 1.54. The average molecular weight is 465 g/mol. The predicted molar refractivity (Wildman–Crippen MR) is 128 cm³/mol. The summed E-state index contributed by atoms with van der Waals surface area (Å²) in [7, 11) is 0. The van der Waals surface area contributed by atoms with E-state index in [2.05, 4.69) is 26.6 Å². The van der Waals surface area contributed by atoms with E-state index in [-0.39, 0.29) is 17.8 Å². The Morgan fingerprint density at radius 1 is 1.36 bits per heavy atom. The molecule has 0 unspecified atom stereocenters. The summed E-state index contributed by atoms with van der Waals surface area (Å²) in [5.41, 5.74) is 10.1. The first-order chi connectivity index (χ1) is 16.0. The van der Waals surface area contributed by atoms with Gasteiger partial charge in [0.25, 0.3) is 5.91 Å². The number of fused-ring (bicyclic) bond motifs is 2. The number of amides is 1. The molecule has 1 aliphatic heterocycles. The second kappa shape index (κ2) is 8.61. The van der Waals surface area contributed by atoms with Gasteiger partial charge < -0.3 is 21.3 Å². The third kappa shape index (κ3) is 3.90. The molecule has 0 spiro atoms. The molecule has 5 rings (SSSR count). The number of carbonyl (C=O) groups excluding carboxylic acids is 1. The Labute approximate surface area is 195 Å². The number of nitrogens with two attached hydrogens (primary N) is 1.